The molecule has 0 radical (unpaired) electrons. The van der Waals surface area contributed by atoms with Crippen LogP contribution in [0.15, 0.2) is 53.5 Å². The van der Waals surface area contributed by atoms with Crippen LogP contribution >= 0.6 is 0 Å². The van der Waals surface area contributed by atoms with Crippen LogP contribution in [-0.2, 0) is 6.61 Å². The molecular weight excluding hydrogens is 255 g/mol. The fourth-order valence-electron chi connectivity index (χ4n) is 2.05. The Morgan fingerprint density at radius 3 is 2.45 bits per heavy atom. The number of benzene rings is 2. The van der Waals surface area contributed by atoms with E-state index in [1.54, 1.807) is 12.1 Å². The Morgan fingerprint density at radius 1 is 1.05 bits per heavy atom. The molecule has 1 heterocycles. The van der Waals surface area contributed by atoms with Gasteiger partial charge >= 0.3 is 0 Å². The van der Waals surface area contributed by atoms with Crippen molar-refractivity contribution in [2.24, 2.45) is 4.99 Å². The molecule has 20 heavy (non-hydrogen) atoms. The lowest BCUT2D eigenvalue weighted by Gasteiger charge is -2.08. The van der Waals surface area contributed by atoms with Gasteiger partial charge in [0.15, 0.2) is 0 Å². The summed E-state index contributed by atoms with van der Waals surface area (Å²) in [6.45, 7) is 2.16. The van der Waals surface area contributed by atoms with Crippen molar-refractivity contribution in [2.75, 3.05) is 13.1 Å². The van der Waals surface area contributed by atoms with Crippen molar-refractivity contribution >= 4 is 5.84 Å². The van der Waals surface area contributed by atoms with E-state index < -0.39 is 0 Å². The molecule has 0 spiro atoms. The Balaban J connectivity index is 1.62. The van der Waals surface area contributed by atoms with Crippen molar-refractivity contribution < 1.29 is 9.13 Å². The SMILES string of the molecule is Fc1ccc(COc2ccc(C3=NCCN3)cc2)cc1. The maximum Gasteiger partial charge on any atom is 0.128 e. The van der Waals surface area contributed by atoms with Gasteiger partial charge in [0.1, 0.15) is 24.0 Å². The molecule has 0 unspecified atom stereocenters. The van der Waals surface area contributed by atoms with Gasteiger partial charge < -0.3 is 10.1 Å². The number of amidine groups is 1. The third-order valence-corrected chi connectivity index (χ3v) is 3.12. The normalized spacial score (nSPS) is 13.8. The van der Waals surface area contributed by atoms with E-state index >= 15 is 0 Å². The summed E-state index contributed by atoms with van der Waals surface area (Å²) in [5.74, 6) is 1.50. The molecule has 0 aliphatic carbocycles. The molecule has 0 fully saturated rings. The fourth-order valence-corrected chi connectivity index (χ4v) is 2.05. The zero-order valence-electron chi connectivity index (χ0n) is 11.0. The molecule has 2 aromatic rings. The number of nitrogens with one attached hydrogen (secondary N) is 1. The largest absolute Gasteiger partial charge is 0.489 e. The third-order valence-electron chi connectivity index (χ3n) is 3.12. The second-order valence-corrected chi connectivity index (χ2v) is 4.60. The van der Waals surface area contributed by atoms with Crippen molar-refractivity contribution in [3.8, 4) is 5.75 Å². The third kappa shape index (κ3) is 2.96. The maximum absolute atomic E-state index is 12.8. The Bertz CT molecular complexity index is 605. The van der Waals surface area contributed by atoms with Crippen LogP contribution in [-0.4, -0.2) is 18.9 Å². The number of halogens is 1. The van der Waals surface area contributed by atoms with Gasteiger partial charge in [-0.3, -0.25) is 4.99 Å². The molecule has 4 heteroatoms. The highest BCUT2D eigenvalue weighted by molar-refractivity contribution is 5.99. The Hall–Kier alpha value is -2.36. The molecule has 0 saturated heterocycles. The average Bonchev–Trinajstić information content (AvgIpc) is 3.01. The van der Waals surface area contributed by atoms with E-state index in [0.29, 0.717) is 6.61 Å². The van der Waals surface area contributed by atoms with Crippen LogP contribution in [0.25, 0.3) is 0 Å². The zero-order chi connectivity index (χ0) is 13.8. The highest BCUT2D eigenvalue weighted by atomic mass is 19.1. The van der Waals surface area contributed by atoms with E-state index in [1.165, 1.54) is 12.1 Å². The van der Waals surface area contributed by atoms with Gasteiger partial charge in [-0.05, 0) is 42.0 Å². The fraction of sp³-hybridized carbons (Fsp3) is 0.188. The summed E-state index contributed by atoms with van der Waals surface area (Å²) in [5.41, 5.74) is 2.01. The molecule has 0 saturated carbocycles. The molecule has 0 bridgehead atoms. The van der Waals surface area contributed by atoms with Crippen molar-refractivity contribution in [3.63, 3.8) is 0 Å². The number of hydrogen-bond donors (Lipinski definition) is 1. The predicted octanol–water partition coefficient (Wildman–Crippen LogP) is 2.75. The Morgan fingerprint density at radius 2 is 1.80 bits per heavy atom. The summed E-state index contributed by atoms with van der Waals surface area (Å²) in [6, 6.07) is 14.1. The number of hydrogen-bond acceptors (Lipinski definition) is 3. The lowest BCUT2D eigenvalue weighted by molar-refractivity contribution is 0.306. The first-order chi connectivity index (χ1) is 9.81. The van der Waals surface area contributed by atoms with Crippen LogP contribution in [0.3, 0.4) is 0 Å². The summed E-state index contributed by atoms with van der Waals surface area (Å²) in [6.07, 6.45) is 0. The quantitative estimate of drug-likeness (QED) is 0.926. The van der Waals surface area contributed by atoms with E-state index in [9.17, 15) is 4.39 Å². The van der Waals surface area contributed by atoms with Gasteiger partial charge in [-0.15, -0.1) is 0 Å². The number of ether oxygens (including phenoxy) is 1. The zero-order valence-corrected chi connectivity index (χ0v) is 11.0. The van der Waals surface area contributed by atoms with Crippen molar-refractivity contribution in [1.29, 1.82) is 0 Å². The summed E-state index contributed by atoms with van der Waals surface area (Å²) >= 11 is 0. The van der Waals surface area contributed by atoms with E-state index in [2.05, 4.69) is 10.3 Å². The molecule has 0 aromatic heterocycles. The summed E-state index contributed by atoms with van der Waals surface area (Å²) in [7, 11) is 0. The van der Waals surface area contributed by atoms with Crippen molar-refractivity contribution in [3.05, 3.63) is 65.5 Å². The first kappa shape index (κ1) is 12.7. The maximum atomic E-state index is 12.8. The van der Waals surface area contributed by atoms with Crippen LogP contribution in [0, 0.1) is 5.82 Å². The molecule has 102 valence electrons. The summed E-state index contributed by atoms with van der Waals surface area (Å²) in [5, 5.41) is 3.23. The predicted molar refractivity (Wildman–Crippen MR) is 76.6 cm³/mol. The van der Waals surface area contributed by atoms with E-state index in [4.69, 9.17) is 4.74 Å². The molecule has 0 atom stereocenters. The second kappa shape index (κ2) is 5.74. The van der Waals surface area contributed by atoms with Gasteiger partial charge in [-0.1, -0.05) is 12.1 Å². The highest BCUT2D eigenvalue weighted by Crippen LogP contribution is 2.15. The van der Waals surface area contributed by atoms with E-state index in [-0.39, 0.29) is 5.82 Å². The van der Waals surface area contributed by atoms with Crippen LogP contribution in [0.2, 0.25) is 0 Å². The minimum absolute atomic E-state index is 0.233. The van der Waals surface area contributed by atoms with Crippen LogP contribution in [0.4, 0.5) is 4.39 Å². The number of nitrogens with zero attached hydrogens (tertiary/aromatic N) is 1. The van der Waals surface area contributed by atoms with Gasteiger partial charge in [-0.25, -0.2) is 4.39 Å². The van der Waals surface area contributed by atoms with Crippen LogP contribution in [0.5, 0.6) is 5.75 Å². The van der Waals surface area contributed by atoms with Gasteiger partial charge in [-0.2, -0.15) is 0 Å². The van der Waals surface area contributed by atoms with Crippen LogP contribution in [0.1, 0.15) is 11.1 Å². The van der Waals surface area contributed by atoms with E-state index in [1.807, 2.05) is 24.3 Å². The number of aliphatic imine (C=N–C) groups is 1. The standard InChI is InChI=1S/C16H15FN2O/c17-14-5-1-12(2-6-14)11-20-15-7-3-13(4-8-15)16-18-9-10-19-16/h1-8H,9-11H2,(H,18,19). The highest BCUT2D eigenvalue weighted by Gasteiger charge is 2.07. The monoisotopic (exact) mass is 270 g/mol. The molecule has 1 aliphatic rings. The van der Waals surface area contributed by atoms with Gasteiger partial charge in [0.2, 0.25) is 0 Å². The summed E-state index contributed by atoms with van der Waals surface area (Å²) in [4.78, 5) is 4.37. The molecule has 1 aliphatic heterocycles. The lowest BCUT2D eigenvalue weighted by atomic mass is 10.2. The molecule has 1 N–H and O–H groups in total. The second-order valence-electron chi connectivity index (χ2n) is 4.60. The van der Waals surface area contributed by atoms with Gasteiger partial charge in [0, 0.05) is 12.1 Å². The molecular formula is C16H15FN2O. The van der Waals surface area contributed by atoms with Crippen molar-refractivity contribution in [1.82, 2.24) is 5.32 Å². The lowest BCUT2D eigenvalue weighted by Crippen LogP contribution is -2.19. The molecule has 3 nitrogen and oxygen atoms in total. The molecule has 2 aromatic carbocycles. The van der Waals surface area contributed by atoms with E-state index in [0.717, 1.165) is 35.8 Å². The Kier molecular flexibility index (Phi) is 3.63. The minimum Gasteiger partial charge on any atom is -0.489 e. The average molecular weight is 270 g/mol. The molecule has 0 amide bonds. The van der Waals surface area contributed by atoms with Crippen LogP contribution < -0.4 is 10.1 Å². The summed E-state index contributed by atoms with van der Waals surface area (Å²) < 4.78 is 18.5. The van der Waals surface area contributed by atoms with Gasteiger partial charge in [0.25, 0.3) is 0 Å². The topological polar surface area (TPSA) is 33.6 Å². The van der Waals surface area contributed by atoms with Crippen molar-refractivity contribution in [2.45, 2.75) is 6.61 Å². The minimum atomic E-state index is -0.233. The first-order valence-corrected chi connectivity index (χ1v) is 6.57. The molecule has 3 rings (SSSR count). The Labute approximate surface area is 117 Å². The smallest absolute Gasteiger partial charge is 0.128 e. The number of rotatable bonds is 4. The van der Waals surface area contributed by atoms with Gasteiger partial charge in [0.05, 0.1) is 6.54 Å². The first-order valence-electron chi connectivity index (χ1n) is 6.57.